The van der Waals surface area contributed by atoms with E-state index in [0.717, 1.165) is 145 Å². The van der Waals surface area contributed by atoms with Gasteiger partial charge in [-0.05, 0) is 153 Å². The molecular weight excluding hydrogens is 1120 g/mol. The topological polar surface area (TPSA) is 213 Å². The zero-order chi connectivity index (χ0) is 62.5. The Morgan fingerprint density at radius 1 is 0.517 bits per heavy atom. The van der Waals surface area contributed by atoms with Gasteiger partial charge in [0.1, 0.15) is 17.1 Å². The van der Waals surface area contributed by atoms with Gasteiger partial charge in [-0.25, -0.2) is 0 Å². The van der Waals surface area contributed by atoms with Crippen molar-refractivity contribution in [2.75, 3.05) is 80.1 Å². The van der Waals surface area contributed by atoms with E-state index in [1.165, 1.54) is 45.3 Å². The summed E-state index contributed by atoms with van der Waals surface area (Å²) in [6.45, 7) is 36.5. The van der Waals surface area contributed by atoms with E-state index in [4.69, 9.17) is 5.11 Å². The zero-order valence-electron chi connectivity index (χ0n) is 55.0. The molecule has 0 aliphatic carbocycles. The van der Waals surface area contributed by atoms with Crippen LogP contribution in [-0.2, 0) is 30.7 Å². The number of carboxylic acid groups (broad SMARTS) is 1. The number of hydrogen-bond acceptors (Lipinski definition) is 16. The minimum absolute atomic E-state index is 0. The molecule has 6 aromatic heterocycles. The molecule has 6 aliphatic heterocycles. The van der Waals surface area contributed by atoms with Crippen LogP contribution in [0.5, 0.6) is 0 Å². The monoisotopic (exact) mass is 1230 g/mol. The number of carboxylic acids is 1. The van der Waals surface area contributed by atoms with Gasteiger partial charge in [0.2, 0.25) is 5.91 Å². The molecule has 6 atom stereocenters. The van der Waals surface area contributed by atoms with Crippen molar-refractivity contribution in [2.24, 2.45) is 55.1 Å². The lowest BCUT2D eigenvalue weighted by atomic mass is 9.90. The molecule has 6 saturated heterocycles. The van der Waals surface area contributed by atoms with Gasteiger partial charge in [-0.1, -0.05) is 77.2 Å². The quantitative estimate of drug-likeness (QED) is 0.110. The first-order valence-corrected chi connectivity index (χ1v) is 31.9. The van der Waals surface area contributed by atoms with Crippen LogP contribution in [0.3, 0.4) is 0 Å². The predicted molar refractivity (Wildman–Crippen MR) is 360 cm³/mol. The minimum Gasteiger partial charge on any atom is -0.481 e. The Hall–Kier alpha value is -6.87. The predicted octanol–water partition coefficient (Wildman–Crippen LogP) is 11.0. The van der Waals surface area contributed by atoms with Crippen LogP contribution in [0.15, 0.2) is 55.0 Å². The first-order chi connectivity index (χ1) is 41.2. The molecule has 89 heavy (non-hydrogen) atoms. The van der Waals surface area contributed by atoms with Crippen molar-refractivity contribution in [3.63, 3.8) is 0 Å². The Labute approximate surface area is 533 Å². The summed E-state index contributed by atoms with van der Waals surface area (Å²) in [6.07, 6.45) is 14.4. The Morgan fingerprint density at radius 3 is 1.30 bits per heavy atom. The molecule has 0 saturated carbocycles. The average molecular weight is 1230 g/mol. The van der Waals surface area contributed by atoms with Crippen molar-refractivity contribution in [1.82, 2.24) is 75.1 Å². The lowest BCUT2D eigenvalue weighted by Gasteiger charge is -2.26. The number of nitrogens with one attached hydrogen (secondary N) is 1. The molecule has 12 heterocycles. The summed E-state index contributed by atoms with van der Waals surface area (Å²) < 4.78 is 5.56. The van der Waals surface area contributed by atoms with Crippen LogP contribution in [0.1, 0.15) is 153 Å². The molecule has 0 radical (unpaired) electrons. The maximum absolute atomic E-state index is 12.7. The van der Waals surface area contributed by atoms with E-state index in [1.54, 1.807) is 0 Å². The molecule has 1 amide bonds. The number of aromatic nitrogens is 12. The number of anilines is 3. The number of nitrogens with zero attached hydrogens (tertiary/aromatic N) is 17. The largest absolute Gasteiger partial charge is 0.481 e. The van der Waals surface area contributed by atoms with E-state index in [1.807, 2.05) is 94.5 Å². The molecule has 0 bridgehead atoms. The summed E-state index contributed by atoms with van der Waals surface area (Å²) in [5, 5.41) is 51.7. The Morgan fingerprint density at radius 2 is 0.921 bits per heavy atom. The molecule has 21 nitrogen and oxygen atoms in total. The second-order valence-corrected chi connectivity index (χ2v) is 29.1. The van der Waals surface area contributed by atoms with Gasteiger partial charge in [0.05, 0.1) is 41.7 Å². The van der Waals surface area contributed by atoms with Crippen molar-refractivity contribution in [3.8, 4) is 34.2 Å². The molecule has 2 N–H and O–H groups in total. The highest BCUT2D eigenvalue weighted by atomic mass is 16.4. The molecule has 12 rings (SSSR count). The number of amides is 1. The van der Waals surface area contributed by atoms with Gasteiger partial charge in [0.15, 0.2) is 17.5 Å². The maximum atomic E-state index is 12.7. The van der Waals surface area contributed by atoms with E-state index in [-0.39, 0.29) is 33.5 Å². The zero-order valence-corrected chi connectivity index (χ0v) is 55.0. The van der Waals surface area contributed by atoms with Gasteiger partial charge in [0.25, 0.3) is 0 Å². The van der Waals surface area contributed by atoms with Crippen LogP contribution >= 0.6 is 0 Å². The lowest BCUT2D eigenvalue weighted by Crippen LogP contribution is -2.37. The van der Waals surface area contributed by atoms with Gasteiger partial charge in [-0.3, -0.25) is 23.6 Å². The maximum Gasteiger partial charge on any atom is 0.303 e. The third kappa shape index (κ3) is 17.6. The number of fused-ring (bicyclic) bond motifs is 3. The Balaban J connectivity index is 0.000000200. The summed E-state index contributed by atoms with van der Waals surface area (Å²) in [5.74, 6) is 4.59. The molecular formula is C68H110N18O3. The number of rotatable bonds is 13. The Bertz CT molecular complexity index is 3170. The summed E-state index contributed by atoms with van der Waals surface area (Å²) in [5.41, 5.74) is 9.84. The fourth-order valence-electron chi connectivity index (χ4n) is 13.6. The van der Waals surface area contributed by atoms with Crippen LogP contribution in [0.4, 0.5) is 17.5 Å². The third-order valence-corrected chi connectivity index (χ3v) is 18.5. The number of carbonyl (C=O) groups excluding carboxylic acids is 1. The van der Waals surface area contributed by atoms with Gasteiger partial charge in [-0.15, -0.1) is 30.6 Å². The van der Waals surface area contributed by atoms with Crippen LogP contribution in [-0.4, -0.2) is 170 Å². The molecule has 490 valence electrons. The normalized spacial score (nSPS) is 21.2. The average Bonchev–Trinajstić information content (AvgIpc) is 1.65. The van der Waals surface area contributed by atoms with Crippen molar-refractivity contribution < 1.29 is 16.1 Å². The fraction of sp³-hybridized carbons (Fsp3) is 0.662. The van der Waals surface area contributed by atoms with Crippen molar-refractivity contribution in [3.05, 3.63) is 71.7 Å². The summed E-state index contributed by atoms with van der Waals surface area (Å²) in [4.78, 5) is 34.7. The smallest absolute Gasteiger partial charge is 0.303 e. The standard InChI is InChI=1S/C22H32N6O.C22H34N6.C15H20N6.C7H14O2.2CH4.H2/c1-15-12-23-26(5)21(15)17-6-7-19(25-24-17)28-11-9-16-13-27(14-18(16)28)20(29)8-10-22(2,3)4;1-16-13-23-26(5)21(16)18-7-8-20(25-24-18)28-12-9-17-14-27(15-19(17)28)11-6-10-22(2,3)4;1-10-7-17-20(2)15(10)12-3-4-14(19-18-12)21-6-5-11-8-16-9-13(11)21;1-7(2,3)5-4-6(8)9;;;/h6-7,12,16,18H,8-11,13-14H2,1-5H3;7-8,13,17,19H,6,9-12,14-15H2,1-5H3;3-4,7,11,13,16H,5-6,8-9H2,1-2H3;4-5H2,1-3H3,(H,8,9);2*1H4;1H/i;;;;;;1+1. The second-order valence-electron chi connectivity index (χ2n) is 29.1. The van der Waals surface area contributed by atoms with Gasteiger partial charge >= 0.3 is 5.97 Å². The van der Waals surface area contributed by atoms with Crippen molar-refractivity contribution in [1.29, 1.82) is 0 Å². The molecule has 6 aromatic rings. The first kappa shape index (κ1) is 69.6. The highest BCUT2D eigenvalue weighted by Gasteiger charge is 2.44. The van der Waals surface area contributed by atoms with E-state index >= 15 is 0 Å². The highest BCUT2D eigenvalue weighted by Crippen LogP contribution is 2.38. The lowest BCUT2D eigenvalue weighted by molar-refractivity contribution is -0.137. The number of aryl methyl sites for hydroxylation is 6. The van der Waals surface area contributed by atoms with Crippen LogP contribution < -0.4 is 20.0 Å². The molecule has 6 fully saturated rings. The van der Waals surface area contributed by atoms with E-state index in [0.29, 0.717) is 41.8 Å². The van der Waals surface area contributed by atoms with Gasteiger partial charge in [0, 0.05) is 112 Å². The molecule has 6 aliphatic rings. The second kappa shape index (κ2) is 29.4. The number of hydrogen-bond donors (Lipinski definition) is 2. The number of likely N-dealkylation sites (tertiary alicyclic amines) is 2. The third-order valence-electron chi connectivity index (χ3n) is 18.5. The minimum atomic E-state index is -0.704. The van der Waals surface area contributed by atoms with E-state index in [2.05, 4.69) is 155 Å². The Kier molecular flexibility index (Phi) is 23.0. The van der Waals surface area contributed by atoms with E-state index < -0.39 is 5.97 Å². The summed E-state index contributed by atoms with van der Waals surface area (Å²) >= 11 is 0. The molecule has 21 heteroatoms. The van der Waals surface area contributed by atoms with Crippen molar-refractivity contribution in [2.45, 2.75) is 174 Å². The summed E-state index contributed by atoms with van der Waals surface area (Å²) in [6, 6.07) is 14.0. The highest BCUT2D eigenvalue weighted by molar-refractivity contribution is 5.77. The van der Waals surface area contributed by atoms with E-state index in [9.17, 15) is 9.59 Å². The van der Waals surface area contributed by atoms with Crippen LogP contribution in [0.2, 0.25) is 0 Å². The van der Waals surface area contributed by atoms with Crippen LogP contribution in [0.25, 0.3) is 34.2 Å². The van der Waals surface area contributed by atoms with Crippen molar-refractivity contribution >= 4 is 29.3 Å². The van der Waals surface area contributed by atoms with Gasteiger partial charge < -0.3 is 34.9 Å². The fourth-order valence-corrected chi connectivity index (χ4v) is 13.6. The van der Waals surface area contributed by atoms with Crippen LogP contribution in [0, 0.1) is 54.8 Å². The molecule has 6 unspecified atom stereocenters. The summed E-state index contributed by atoms with van der Waals surface area (Å²) in [7, 11) is 5.82. The molecule has 0 aromatic carbocycles. The SMILES string of the molecule is C.C.CC(C)(C)CCC(=O)O.Cc1cnn(C)c1-c1ccc(N2CCC3CN(C(=O)CCC(C)(C)C)CC32)nn1.Cc1cnn(C)c1-c1ccc(N2CCC3CN(CCCC(C)(C)C)CC32)nn1.Cc1cnn(C)c1-c1ccc(N2CCC3CNCC32)nn1.[2HH]. The number of carbonyl (C=O) groups is 2. The molecule has 0 spiro atoms. The first-order valence-electron chi connectivity index (χ1n) is 31.9. The van der Waals surface area contributed by atoms with Gasteiger partial charge in [-0.2, -0.15) is 15.3 Å². The number of aliphatic carboxylic acids is 1.